The van der Waals surface area contributed by atoms with E-state index >= 15 is 0 Å². The summed E-state index contributed by atoms with van der Waals surface area (Å²) in [6, 6.07) is 5.86. The molecule has 1 atom stereocenters. The first kappa shape index (κ1) is 10.7. The third-order valence-corrected chi connectivity index (χ3v) is 4.19. The third kappa shape index (κ3) is 1.54. The Balaban J connectivity index is 2.03. The Kier molecular flexibility index (Phi) is 2.39. The van der Waals surface area contributed by atoms with Gasteiger partial charge < -0.3 is 0 Å². The minimum Gasteiger partial charge on any atom is -0.293 e. The highest BCUT2D eigenvalue weighted by Crippen LogP contribution is 2.36. The fourth-order valence-corrected chi connectivity index (χ4v) is 3.08. The van der Waals surface area contributed by atoms with Gasteiger partial charge in [-0.2, -0.15) is 0 Å². The average molecular weight is 228 g/mol. The molecule has 0 heterocycles. The van der Waals surface area contributed by atoms with Gasteiger partial charge in [-0.25, -0.2) is 0 Å². The second kappa shape index (κ2) is 3.80. The van der Waals surface area contributed by atoms with E-state index in [9.17, 15) is 9.59 Å². The molecule has 1 unspecified atom stereocenters. The molecular weight excluding hydrogens is 212 g/mol. The van der Waals surface area contributed by atoms with Gasteiger partial charge in [-0.3, -0.25) is 9.59 Å². The number of ketones is 2. The smallest absolute Gasteiger partial charge is 0.174 e. The molecular formula is C15H16O2. The van der Waals surface area contributed by atoms with Gasteiger partial charge in [0.1, 0.15) is 0 Å². The van der Waals surface area contributed by atoms with E-state index in [2.05, 4.69) is 0 Å². The monoisotopic (exact) mass is 228 g/mol. The van der Waals surface area contributed by atoms with Gasteiger partial charge in [-0.15, -0.1) is 0 Å². The van der Waals surface area contributed by atoms with Crippen molar-refractivity contribution in [3.63, 3.8) is 0 Å². The minimum atomic E-state index is -0.469. The Morgan fingerprint density at radius 3 is 2.35 bits per heavy atom. The predicted molar refractivity (Wildman–Crippen MR) is 65.5 cm³/mol. The van der Waals surface area contributed by atoms with Gasteiger partial charge >= 0.3 is 0 Å². The topological polar surface area (TPSA) is 34.1 Å². The molecule has 0 aliphatic heterocycles. The highest BCUT2D eigenvalue weighted by Gasteiger charge is 2.35. The molecule has 88 valence electrons. The number of hydrogen-bond donors (Lipinski definition) is 0. The average Bonchev–Trinajstić information content (AvgIpc) is 2.94. The Morgan fingerprint density at radius 1 is 1.00 bits per heavy atom. The number of benzene rings is 1. The molecule has 0 spiro atoms. The van der Waals surface area contributed by atoms with Crippen LogP contribution in [0, 0.1) is 5.92 Å². The zero-order chi connectivity index (χ0) is 12.0. The molecule has 2 nitrogen and oxygen atoms in total. The lowest BCUT2D eigenvalue weighted by molar-refractivity contribution is 0.0852. The molecule has 2 aliphatic carbocycles. The summed E-state index contributed by atoms with van der Waals surface area (Å²) in [6.07, 6.45) is 5.00. The predicted octanol–water partition coefficient (Wildman–Crippen LogP) is 3.36. The van der Waals surface area contributed by atoms with E-state index in [1.54, 1.807) is 6.92 Å². The summed E-state index contributed by atoms with van der Waals surface area (Å²) in [5.74, 6) is 0.121. The van der Waals surface area contributed by atoms with Crippen LogP contribution in [-0.2, 0) is 0 Å². The van der Waals surface area contributed by atoms with E-state index in [4.69, 9.17) is 0 Å². The van der Waals surface area contributed by atoms with E-state index in [0.29, 0.717) is 17.0 Å². The van der Waals surface area contributed by atoms with Gasteiger partial charge in [0.2, 0.25) is 0 Å². The highest BCUT2D eigenvalue weighted by molar-refractivity contribution is 6.26. The van der Waals surface area contributed by atoms with Gasteiger partial charge in [-0.05, 0) is 37.3 Å². The molecule has 1 aromatic rings. The molecule has 0 N–H and O–H groups in total. The highest BCUT2D eigenvalue weighted by atomic mass is 16.2. The number of hydrogen-bond acceptors (Lipinski definition) is 2. The lowest BCUT2D eigenvalue weighted by Gasteiger charge is -2.10. The molecule has 0 radical (unpaired) electrons. The first-order valence-corrected chi connectivity index (χ1v) is 6.41. The number of carbonyl (C=O) groups is 2. The zero-order valence-corrected chi connectivity index (χ0v) is 10.0. The molecule has 0 aromatic heterocycles. The summed E-state index contributed by atoms with van der Waals surface area (Å²) >= 11 is 0. The van der Waals surface area contributed by atoms with Crippen LogP contribution < -0.4 is 0 Å². The summed E-state index contributed by atoms with van der Waals surface area (Å²) in [5.41, 5.74) is 2.53. The van der Waals surface area contributed by atoms with Crippen LogP contribution in [0.4, 0.5) is 0 Å². The quantitative estimate of drug-likeness (QED) is 0.691. The van der Waals surface area contributed by atoms with Crippen LogP contribution in [0.5, 0.6) is 0 Å². The maximum Gasteiger partial charge on any atom is 0.174 e. The van der Waals surface area contributed by atoms with Crippen molar-refractivity contribution in [3.8, 4) is 0 Å². The maximum absolute atomic E-state index is 12.0. The van der Waals surface area contributed by atoms with E-state index in [1.807, 2.05) is 18.2 Å². The van der Waals surface area contributed by atoms with E-state index in [0.717, 1.165) is 0 Å². The van der Waals surface area contributed by atoms with Gasteiger partial charge in [0, 0.05) is 11.1 Å². The minimum absolute atomic E-state index is 0.00449. The maximum atomic E-state index is 12.0. The molecule has 0 bridgehead atoms. The van der Waals surface area contributed by atoms with Crippen LogP contribution in [-0.4, -0.2) is 11.6 Å². The fourth-order valence-electron chi connectivity index (χ4n) is 3.08. The normalized spacial score (nSPS) is 24.4. The zero-order valence-electron chi connectivity index (χ0n) is 10.0. The molecule has 0 amide bonds. The standard InChI is InChI=1S/C15H16O2/c1-9-14(16)12-7-6-11(8-13(12)15(9)17)10-4-2-3-5-10/h6-10H,2-5H2,1H3. The van der Waals surface area contributed by atoms with Crippen LogP contribution in [0.1, 0.15) is 64.8 Å². The molecule has 17 heavy (non-hydrogen) atoms. The first-order chi connectivity index (χ1) is 8.18. The summed E-state index contributed by atoms with van der Waals surface area (Å²) in [4.78, 5) is 23.8. The van der Waals surface area contributed by atoms with Crippen molar-refractivity contribution in [1.29, 1.82) is 0 Å². The van der Waals surface area contributed by atoms with Gasteiger partial charge in [0.15, 0.2) is 11.6 Å². The fraction of sp³-hybridized carbons (Fsp3) is 0.467. The van der Waals surface area contributed by atoms with E-state index in [-0.39, 0.29) is 11.6 Å². The Bertz CT molecular complexity index is 496. The van der Waals surface area contributed by atoms with Crippen LogP contribution in [0.2, 0.25) is 0 Å². The summed E-state index contributed by atoms with van der Waals surface area (Å²) in [6.45, 7) is 1.71. The number of fused-ring (bicyclic) bond motifs is 1. The summed E-state index contributed by atoms with van der Waals surface area (Å²) < 4.78 is 0. The number of rotatable bonds is 1. The molecule has 1 saturated carbocycles. The van der Waals surface area contributed by atoms with Gasteiger partial charge in [0.05, 0.1) is 5.92 Å². The van der Waals surface area contributed by atoms with Crippen LogP contribution in [0.15, 0.2) is 18.2 Å². The SMILES string of the molecule is CC1C(=O)c2ccc(C3CCCC3)cc2C1=O. The van der Waals surface area contributed by atoms with Crippen molar-refractivity contribution in [2.24, 2.45) is 5.92 Å². The van der Waals surface area contributed by atoms with E-state index < -0.39 is 5.92 Å². The third-order valence-electron chi connectivity index (χ3n) is 4.19. The largest absolute Gasteiger partial charge is 0.293 e. The Hall–Kier alpha value is -1.44. The van der Waals surface area contributed by atoms with Crippen molar-refractivity contribution in [2.45, 2.75) is 38.5 Å². The molecule has 1 aromatic carbocycles. The molecule has 2 aliphatic rings. The first-order valence-electron chi connectivity index (χ1n) is 6.41. The van der Waals surface area contributed by atoms with E-state index in [1.165, 1.54) is 31.2 Å². The molecule has 0 saturated heterocycles. The van der Waals surface area contributed by atoms with Crippen LogP contribution in [0.3, 0.4) is 0 Å². The summed E-state index contributed by atoms with van der Waals surface area (Å²) in [5, 5.41) is 0. The Morgan fingerprint density at radius 2 is 1.65 bits per heavy atom. The van der Waals surface area contributed by atoms with Gasteiger partial charge in [0.25, 0.3) is 0 Å². The number of carbonyl (C=O) groups excluding carboxylic acids is 2. The van der Waals surface area contributed by atoms with Gasteiger partial charge in [-0.1, -0.05) is 25.0 Å². The molecule has 2 heteroatoms. The summed E-state index contributed by atoms with van der Waals surface area (Å²) in [7, 11) is 0. The number of Topliss-reactive ketones (excluding diaryl/α,β-unsaturated/α-hetero) is 2. The van der Waals surface area contributed by atoms with Crippen molar-refractivity contribution >= 4 is 11.6 Å². The van der Waals surface area contributed by atoms with Crippen molar-refractivity contribution in [3.05, 3.63) is 34.9 Å². The molecule has 3 rings (SSSR count). The second-order valence-corrected chi connectivity index (χ2v) is 5.24. The van der Waals surface area contributed by atoms with Crippen molar-refractivity contribution in [1.82, 2.24) is 0 Å². The van der Waals surface area contributed by atoms with Crippen molar-refractivity contribution < 1.29 is 9.59 Å². The molecule has 1 fully saturated rings. The lowest BCUT2D eigenvalue weighted by atomic mass is 9.94. The van der Waals surface area contributed by atoms with Crippen LogP contribution >= 0.6 is 0 Å². The Labute approximate surface area is 101 Å². The lowest BCUT2D eigenvalue weighted by Crippen LogP contribution is -2.09. The van der Waals surface area contributed by atoms with Crippen LogP contribution in [0.25, 0.3) is 0 Å². The second-order valence-electron chi connectivity index (χ2n) is 5.24. The van der Waals surface area contributed by atoms with Crippen molar-refractivity contribution in [2.75, 3.05) is 0 Å².